The fourth-order valence-electron chi connectivity index (χ4n) is 6.29. The summed E-state index contributed by atoms with van der Waals surface area (Å²) < 4.78 is 12.0. The number of aliphatic hydroxyl groups excluding tert-OH is 2. The molecule has 2 heterocycles. The number of aliphatic hydroxyl groups is 2. The summed E-state index contributed by atoms with van der Waals surface area (Å²) in [6, 6.07) is 42.8. The van der Waals surface area contributed by atoms with Crippen LogP contribution in [-0.4, -0.2) is 23.4 Å². The molecule has 0 saturated carbocycles. The maximum absolute atomic E-state index is 10.9. The molecule has 8 nitrogen and oxygen atoms in total. The fraction of sp³-hybridized carbons (Fsp3) is 0.250. The number of para-hydroxylation sites is 2. The average Bonchev–Trinajstić information content (AvgIpc) is 4.02. The van der Waals surface area contributed by atoms with Crippen LogP contribution in [0.5, 0.6) is 11.5 Å². The van der Waals surface area contributed by atoms with Gasteiger partial charge in [-0.05, 0) is 121 Å². The highest BCUT2D eigenvalue weighted by molar-refractivity contribution is 7.10. The minimum Gasteiger partial charge on any atom is -0.508 e. The van der Waals surface area contributed by atoms with Crippen LogP contribution in [0.25, 0.3) is 11.5 Å². The van der Waals surface area contributed by atoms with Crippen molar-refractivity contribution in [2.45, 2.75) is 63.5 Å². The van der Waals surface area contributed by atoms with Crippen LogP contribution in [0.4, 0.5) is 11.4 Å². The van der Waals surface area contributed by atoms with Gasteiger partial charge in [0.15, 0.2) is 0 Å². The molecule has 0 aliphatic rings. The first-order valence-electron chi connectivity index (χ1n) is 20.1. The standard InChI is InChI=1S/C48H54N4O4S2/c53-45(35-43(47-21-15-33-57-47)51-49-39-17-9-7-10-18-39)37-23-27-41(28-24-37)55-31-13-5-3-1-2-4-6-14-32-56-42-29-25-38(26-30-42)46(54)36-44(48-22-16-34-58-48)52-50-40-19-11-8-12-20-40/h7-12,15-30,33-36,43-44,49-54H,1-6,13-14,31-32H2/b45-35-,46-36-. The molecule has 2 unspecified atom stereocenters. The molecular weight excluding hydrogens is 761 g/mol. The molecule has 0 bridgehead atoms. The van der Waals surface area contributed by atoms with Gasteiger partial charge in [-0.25, -0.2) is 10.9 Å². The van der Waals surface area contributed by atoms with Crippen molar-refractivity contribution in [1.29, 1.82) is 0 Å². The number of hydrogen-bond acceptors (Lipinski definition) is 10. The SMILES string of the molecule is O/C(=C\C(NNc1ccccc1)c1cccs1)c1ccc(OCCCCCCCCCCOc2ccc(/C(O)=C/C(NNc3ccccc3)c3cccs3)cc2)cc1. The molecular formula is C48H54N4O4S2. The fourth-order valence-corrected chi connectivity index (χ4v) is 7.78. The quantitative estimate of drug-likeness (QED) is 0.0193. The second-order valence-corrected chi connectivity index (χ2v) is 15.9. The molecule has 0 aliphatic carbocycles. The zero-order valence-electron chi connectivity index (χ0n) is 32.8. The largest absolute Gasteiger partial charge is 0.508 e. The predicted molar refractivity (Wildman–Crippen MR) is 243 cm³/mol. The molecule has 0 aliphatic heterocycles. The number of rotatable bonds is 25. The van der Waals surface area contributed by atoms with E-state index in [1.165, 1.54) is 25.7 Å². The number of benzene rings is 4. The maximum atomic E-state index is 10.9. The van der Waals surface area contributed by atoms with Crippen LogP contribution in [0, 0.1) is 0 Å². The van der Waals surface area contributed by atoms with E-state index in [9.17, 15) is 10.2 Å². The topological polar surface area (TPSA) is 107 Å². The number of thiophene rings is 2. The zero-order chi connectivity index (χ0) is 40.0. The molecule has 302 valence electrons. The van der Waals surface area contributed by atoms with Gasteiger partial charge >= 0.3 is 0 Å². The molecule has 58 heavy (non-hydrogen) atoms. The van der Waals surface area contributed by atoms with Crippen molar-refractivity contribution in [3.8, 4) is 11.5 Å². The van der Waals surface area contributed by atoms with Gasteiger partial charge in [-0.15, -0.1) is 22.7 Å². The van der Waals surface area contributed by atoms with Gasteiger partial charge in [0.05, 0.1) is 25.3 Å². The van der Waals surface area contributed by atoms with E-state index in [0.29, 0.717) is 13.2 Å². The smallest absolute Gasteiger partial charge is 0.120 e. The summed E-state index contributed by atoms with van der Waals surface area (Å²) in [6.07, 6.45) is 12.9. The third-order valence-corrected chi connectivity index (χ3v) is 11.4. The predicted octanol–water partition coefficient (Wildman–Crippen LogP) is 12.9. The first-order chi connectivity index (χ1) is 28.6. The molecule has 2 aromatic heterocycles. The highest BCUT2D eigenvalue weighted by Gasteiger charge is 2.14. The molecule has 6 rings (SSSR count). The lowest BCUT2D eigenvalue weighted by atomic mass is 10.1. The van der Waals surface area contributed by atoms with Gasteiger partial charge in [0.2, 0.25) is 0 Å². The highest BCUT2D eigenvalue weighted by atomic mass is 32.1. The van der Waals surface area contributed by atoms with E-state index in [4.69, 9.17) is 9.47 Å². The molecule has 0 amide bonds. The van der Waals surface area contributed by atoms with Gasteiger partial charge in [-0.2, -0.15) is 0 Å². The van der Waals surface area contributed by atoms with E-state index < -0.39 is 0 Å². The summed E-state index contributed by atoms with van der Waals surface area (Å²) in [5.41, 5.74) is 16.5. The lowest BCUT2D eigenvalue weighted by Gasteiger charge is -2.16. The molecule has 0 fully saturated rings. The van der Waals surface area contributed by atoms with Crippen molar-refractivity contribution in [3.05, 3.63) is 177 Å². The number of ether oxygens (including phenoxy) is 2. The van der Waals surface area contributed by atoms with Crippen LogP contribution < -0.4 is 31.2 Å². The van der Waals surface area contributed by atoms with Crippen molar-refractivity contribution in [1.82, 2.24) is 10.9 Å². The first-order valence-corrected chi connectivity index (χ1v) is 21.8. The Morgan fingerprint density at radius 3 is 1.21 bits per heavy atom. The molecule has 0 spiro atoms. The lowest BCUT2D eigenvalue weighted by Crippen LogP contribution is -2.25. The molecule has 4 aromatic carbocycles. The minimum atomic E-state index is -0.200. The lowest BCUT2D eigenvalue weighted by molar-refractivity contribution is 0.301. The van der Waals surface area contributed by atoms with E-state index in [0.717, 1.165) is 69.4 Å². The Balaban J connectivity index is 0.807. The average molecular weight is 815 g/mol. The van der Waals surface area contributed by atoms with Crippen LogP contribution in [0.15, 0.2) is 156 Å². The first kappa shape index (κ1) is 42.1. The second kappa shape index (κ2) is 23.6. The Labute approximate surface area is 350 Å². The third-order valence-electron chi connectivity index (χ3n) is 9.52. The summed E-state index contributed by atoms with van der Waals surface area (Å²) in [6.45, 7) is 1.37. The monoisotopic (exact) mass is 814 g/mol. The summed E-state index contributed by atoms with van der Waals surface area (Å²) in [4.78, 5) is 2.19. The van der Waals surface area contributed by atoms with E-state index in [-0.39, 0.29) is 23.6 Å². The zero-order valence-corrected chi connectivity index (χ0v) is 34.4. The molecule has 10 heteroatoms. The summed E-state index contributed by atoms with van der Waals surface area (Å²) >= 11 is 3.27. The van der Waals surface area contributed by atoms with Crippen molar-refractivity contribution in [3.63, 3.8) is 0 Å². The van der Waals surface area contributed by atoms with E-state index in [2.05, 4.69) is 33.8 Å². The van der Waals surface area contributed by atoms with Crippen molar-refractivity contribution in [2.75, 3.05) is 24.1 Å². The Hall–Kier alpha value is -5.52. The van der Waals surface area contributed by atoms with Gasteiger partial charge in [0.25, 0.3) is 0 Å². The van der Waals surface area contributed by atoms with Gasteiger partial charge in [-0.1, -0.05) is 87.1 Å². The van der Waals surface area contributed by atoms with Crippen LogP contribution in [0.3, 0.4) is 0 Å². The number of nitrogens with one attached hydrogen (secondary N) is 4. The second-order valence-electron chi connectivity index (χ2n) is 13.9. The van der Waals surface area contributed by atoms with E-state index in [1.807, 2.05) is 144 Å². The number of hydrazine groups is 2. The van der Waals surface area contributed by atoms with Crippen LogP contribution >= 0.6 is 22.7 Å². The summed E-state index contributed by atoms with van der Waals surface area (Å²) in [7, 11) is 0. The Morgan fingerprint density at radius 1 is 0.466 bits per heavy atom. The van der Waals surface area contributed by atoms with Crippen LogP contribution in [0.1, 0.15) is 84.3 Å². The number of anilines is 2. The molecule has 2 atom stereocenters. The van der Waals surface area contributed by atoms with Crippen molar-refractivity contribution in [2.24, 2.45) is 0 Å². The van der Waals surface area contributed by atoms with Crippen molar-refractivity contribution < 1.29 is 19.7 Å². The van der Waals surface area contributed by atoms with Crippen molar-refractivity contribution >= 4 is 45.6 Å². The Bertz CT molecular complexity index is 1910. The Morgan fingerprint density at radius 2 is 0.845 bits per heavy atom. The summed E-state index contributed by atoms with van der Waals surface area (Å²) in [5, 5.41) is 26.0. The van der Waals surface area contributed by atoms with E-state index in [1.54, 1.807) is 22.7 Å². The highest BCUT2D eigenvalue weighted by Crippen LogP contribution is 2.27. The minimum absolute atomic E-state index is 0.200. The number of hydrogen-bond donors (Lipinski definition) is 6. The van der Waals surface area contributed by atoms with Crippen LogP contribution in [-0.2, 0) is 0 Å². The third kappa shape index (κ3) is 14.1. The normalized spacial score (nSPS) is 12.8. The van der Waals surface area contributed by atoms with E-state index >= 15 is 0 Å². The van der Waals surface area contributed by atoms with Gasteiger partial charge in [0, 0.05) is 32.3 Å². The number of unbranched alkanes of at least 4 members (excludes halogenated alkanes) is 7. The summed E-state index contributed by atoms with van der Waals surface area (Å²) in [5.74, 6) is 2.04. The maximum Gasteiger partial charge on any atom is 0.120 e. The van der Waals surface area contributed by atoms with Gasteiger partial charge in [-0.3, -0.25) is 0 Å². The molecule has 0 radical (unpaired) electrons. The van der Waals surface area contributed by atoms with Gasteiger partial charge in [0.1, 0.15) is 23.0 Å². The van der Waals surface area contributed by atoms with Crippen LogP contribution in [0.2, 0.25) is 0 Å². The molecule has 0 saturated heterocycles. The molecule has 6 aromatic rings. The molecule has 6 N–H and O–H groups in total. The Kier molecular flexibility index (Phi) is 17.2. The van der Waals surface area contributed by atoms with Gasteiger partial charge < -0.3 is 30.5 Å².